The van der Waals surface area contributed by atoms with Gasteiger partial charge in [-0.2, -0.15) is 0 Å². The fraction of sp³-hybridized carbons (Fsp3) is 0. The molecular weight excluding hydrogens is 166 g/mol. The number of hydrogen-bond acceptors (Lipinski definition) is 3. The van der Waals surface area contributed by atoms with Crippen molar-refractivity contribution >= 4 is 22.9 Å². The zero-order chi connectivity index (χ0) is 8.84. The van der Waals surface area contributed by atoms with Crippen molar-refractivity contribution in [1.29, 1.82) is 0 Å². The molecule has 0 amide bonds. The Hall–Kier alpha value is -1.97. The predicted octanol–water partition coefficient (Wildman–Crippen LogP) is 1.44. The average Bonchev–Trinajstić information content (AvgIpc) is 2.50. The molecule has 0 unspecified atom stereocenters. The Balaban J connectivity index is 2.52. The Labute approximate surface area is 74.2 Å². The molecule has 0 bridgehead atoms. The van der Waals surface area contributed by atoms with Gasteiger partial charge in [-0.25, -0.2) is 4.98 Å². The number of hydrogen-bond donors (Lipinski definition) is 1. The lowest BCUT2D eigenvalue weighted by Crippen LogP contribution is -1.96. The van der Waals surface area contributed by atoms with Crippen LogP contribution in [0.5, 0.6) is 5.75 Å². The Morgan fingerprint density at radius 3 is 3.23 bits per heavy atom. The lowest BCUT2D eigenvalue weighted by molar-refractivity contribution is 0.482. The van der Waals surface area contributed by atoms with Gasteiger partial charge in [-0.15, -0.1) is 0 Å². The predicted molar refractivity (Wildman–Crippen MR) is 50.1 cm³/mol. The summed E-state index contributed by atoms with van der Waals surface area (Å²) in [5, 5.41) is 0. The molecule has 1 aliphatic rings. The number of imidazole rings is 1. The minimum Gasteiger partial charge on any atom is -0.461 e. The second-order valence-electron chi connectivity index (χ2n) is 2.94. The van der Waals surface area contributed by atoms with E-state index in [9.17, 15) is 0 Å². The standard InChI is InChI=1S/C9H7N3O/c10-6-3-7-9-8(4-6)13-2-1-12(9)5-11-7/h1-5H,10H2. The van der Waals surface area contributed by atoms with E-state index < -0.39 is 0 Å². The van der Waals surface area contributed by atoms with Crippen LogP contribution in [0.2, 0.25) is 0 Å². The van der Waals surface area contributed by atoms with E-state index >= 15 is 0 Å². The van der Waals surface area contributed by atoms with E-state index in [4.69, 9.17) is 10.5 Å². The molecule has 2 heterocycles. The van der Waals surface area contributed by atoms with Crippen LogP contribution in [-0.2, 0) is 0 Å². The van der Waals surface area contributed by atoms with Crippen LogP contribution in [-0.4, -0.2) is 9.55 Å². The van der Waals surface area contributed by atoms with Gasteiger partial charge in [-0.3, -0.25) is 4.57 Å². The maximum Gasteiger partial charge on any atom is 0.154 e. The van der Waals surface area contributed by atoms with E-state index in [1.54, 1.807) is 18.7 Å². The minimum atomic E-state index is 0.669. The van der Waals surface area contributed by atoms with Crippen molar-refractivity contribution in [2.45, 2.75) is 0 Å². The molecule has 4 heteroatoms. The van der Waals surface area contributed by atoms with Gasteiger partial charge in [-0.1, -0.05) is 0 Å². The Bertz CT molecular complexity index is 513. The van der Waals surface area contributed by atoms with Gasteiger partial charge in [0.2, 0.25) is 0 Å². The first-order valence-corrected chi connectivity index (χ1v) is 3.94. The molecule has 0 fully saturated rings. The quantitative estimate of drug-likeness (QED) is 0.613. The van der Waals surface area contributed by atoms with Crippen molar-refractivity contribution in [2.75, 3.05) is 5.73 Å². The second kappa shape index (κ2) is 2.04. The first-order chi connectivity index (χ1) is 6.34. The molecule has 0 atom stereocenters. The van der Waals surface area contributed by atoms with Crippen LogP contribution in [0.15, 0.2) is 24.7 Å². The topological polar surface area (TPSA) is 53.1 Å². The summed E-state index contributed by atoms with van der Waals surface area (Å²) in [5.41, 5.74) is 8.18. The van der Waals surface area contributed by atoms with Crippen molar-refractivity contribution in [3.8, 4) is 5.75 Å². The molecule has 0 radical (unpaired) electrons. The molecule has 64 valence electrons. The van der Waals surface area contributed by atoms with Gasteiger partial charge >= 0.3 is 0 Å². The normalized spacial score (nSPS) is 13.2. The molecule has 13 heavy (non-hydrogen) atoms. The largest absolute Gasteiger partial charge is 0.461 e. The minimum absolute atomic E-state index is 0.669. The summed E-state index contributed by atoms with van der Waals surface area (Å²) in [4.78, 5) is 4.20. The number of nitrogens with zero attached hydrogens (tertiary/aromatic N) is 2. The summed E-state index contributed by atoms with van der Waals surface area (Å²) < 4.78 is 7.22. The molecule has 0 saturated carbocycles. The van der Waals surface area contributed by atoms with Gasteiger partial charge in [0.05, 0.1) is 5.52 Å². The van der Waals surface area contributed by atoms with E-state index in [1.807, 2.05) is 16.8 Å². The maximum atomic E-state index is 5.68. The summed E-state index contributed by atoms with van der Waals surface area (Å²) in [6, 6.07) is 3.63. The number of rotatable bonds is 0. The maximum absolute atomic E-state index is 5.68. The highest BCUT2D eigenvalue weighted by Gasteiger charge is 2.11. The number of anilines is 1. The smallest absolute Gasteiger partial charge is 0.154 e. The third kappa shape index (κ3) is 0.767. The zero-order valence-electron chi connectivity index (χ0n) is 6.77. The Morgan fingerprint density at radius 1 is 1.38 bits per heavy atom. The highest BCUT2D eigenvalue weighted by atomic mass is 16.5. The first kappa shape index (κ1) is 6.54. The van der Waals surface area contributed by atoms with Crippen LogP contribution in [0.25, 0.3) is 17.2 Å². The van der Waals surface area contributed by atoms with E-state index in [0.29, 0.717) is 5.69 Å². The number of nitrogens with two attached hydrogens (primary N) is 1. The summed E-state index contributed by atoms with van der Waals surface area (Å²) in [6.45, 7) is 0. The molecule has 1 aromatic carbocycles. The third-order valence-corrected chi connectivity index (χ3v) is 2.07. The lowest BCUT2D eigenvalue weighted by atomic mass is 10.2. The van der Waals surface area contributed by atoms with Crippen LogP contribution in [0.1, 0.15) is 0 Å². The van der Waals surface area contributed by atoms with Gasteiger partial charge < -0.3 is 10.5 Å². The van der Waals surface area contributed by atoms with Gasteiger partial charge in [0, 0.05) is 18.0 Å². The number of benzene rings is 1. The summed E-state index contributed by atoms with van der Waals surface area (Å²) in [7, 11) is 0. The Kier molecular flexibility index (Phi) is 1.02. The molecule has 0 aliphatic carbocycles. The van der Waals surface area contributed by atoms with E-state index in [0.717, 1.165) is 16.8 Å². The molecular formula is C9H7N3O. The van der Waals surface area contributed by atoms with E-state index in [1.165, 1.54) is 0 Å². The second-order valence-corrected chi connectivity index (χ2v) is 2.94. The van der Waals surface area contributed by atoms with Crippen LogP contribution in [0, 0.1) is 0 Å². The van der Waals surface area contributed by atoms with Crippen molar-refractivity contribution in [3.63, 3.8) is 0 Å². The molecule has 3 rings (SSSR count). The molecule has 1 aromatic heterocycles. The average molecular weight is 173 g/mol. The monoisotopic (exact) mass is 173 g/mol. The highest BCUT2D eigenvalue weighted by molar-refractivity contribution is 5.88. The molecule has 2 N–H and O–H groups in total. The van der Waals surface area contributed by atoms with Gasteiger partial charge in [0.15, 0.2) is 5.75 Å². The van der Waals surface area contributed by atoms with Gasteiger partial charge in [0.1, 0.15) is 18.1 Å². The van der Waals surface area contributed by atoms with Crippen molar-refractivity contribution in [2.24, 2.45) is 0 Å². The van der Waals surface area contributed by atoms with Crippen LogP contribution >= 0.6 is 0 Å². The van der Waals surface area contributed by atoms with Gasteiger partial charge in [-0.05, 0) is 6.07 Å². The van der Waals surface area contributed by atoms with Crippen molar-refractivity contribution in [3.05, 3.63) is 24.7 Å². The van der Waals surface area contributed by atoms with Crippen LogP contribution < -0.4 is 10.5 Å². The van der Waals surface area contributed by atoms with Crippen LogP contribution in [0.3, 0.4) is 0 Å². The summed E-state index contributed by atoms with van der Waals surface area (Å²) in [6.07, 6.45) is 5.17. The zero-order valence-corrected chi connectivity index (χ0v) is 6.77. The fourth-order valence-electron chi connectivity index (χ4n) is 1.53. The highest BCUT2D eigenvalue weighted by Crippen LogP contribution is 2.30. The van der Waals surface area contributed by atoms with E-state index in [2.05, 4.69) is 4.98 Å². The number of nitrogen functional groups attached to an aromatic ring is 1. The molecule has 0 spiro atoms. The van der Waals surface area contributed by atoms with Crippen molar-refractivity contribution < 1.29 is 4.74 Å². The van der Waals surface area contributed by atoms with Gasteiger partial charge in [0.25, 0.3) is 0 Å². The fourth-order valence-corrected chi connectivity index (χ4v) is 1.53. The third-order valence-electron chi connectivity index (χ3n) is 2.07. The summed E-state index contributed by atoms with van der Waals surface area (Å²) >= 11 is 0. The number of ether oxygens (including phenoxy) is 1. The lowest BCUT2D eigenvalue weighted by Gasteiger charge is -2.09. The van der Waals surface area contributed by atoms with Crippen molar-refractivity contribution in [1.82, 2.24) is 9.55 Å². The molecule has 1 aliphatic heterocycles. The SMILES string of the molecule is Nc1cc2c3c(c1)ncn3C=CO2. The Morgan fingerprint density at radius 2 is 2.31 bits per heavy atom. The molecule has 4 nitrogen and oxygen atoms in total. The molecule has 0 saturated heterocycles. The van der Waals surface area contributed by atoms with E-state index in [-0.39, 0.29) is 0 Å². The van der Waals surface area contributed by atoms with Crippen LogP contribution in [0.4, 0.5) is 5.69 Å². The number of aromatic nitrogens is 2. The first-order valence-electron chi connectivity index (χ1n) is 3.94. The summed E-state index contributed by atoms with van der Waals surface area (Å²) in [5.74, 6) is 0.759. The molecule has 2 aromatic rings.